The van der Waals surface area contributed by atoms with E-state index in [1.165, 1.54) is 5.56 Å². The van der Waals surface area contributed by atoms with Gasteiger partial charge in [0.15, 0.2) is 0 Å². The van der Waals surface area contributed by atoms with E-state index in [0.717, 1.165) is 18.4 Å². The number of hydrogen-bond acceptors (Lipinski definition) is 2. The Morgan fingerprint density at radius 3 is 2.25 bits per heavy atom. The minimum Gasteiger partial charge on any atom is -0.349 e. The third-order valence-electron chi connectivity index (χ3n) is 3.53. The third-order valence-corrected chi connectivity index (χ3v) is 3.53. The molecule has 3 nitrogen and oxygen atoms in total. The Hall–Kier alpha value is -1.35. The Balaban J connectivity index is 2.59. The molecule has 2 atom stereocenters. The van der Waals surface area contributed by atoms with E-state index in [2.05, 4.69) is 43.4 Å². The first-order valence-electron chi connectivity index (χ1n) is 7.53. The van der Waals surface area contributed by atoms with Crippen molar-refractivity contribution in [3.8, 4) is 0 Å². The Morgan fingerprint density at radius 1 is 1.15 bits per heavy atom. The Bertz CT molecular complexity index is 412. The maximum atomic E-state index is 12.0. The molecule has 0 radical (unpaired) electrons. The minimum atomic E-state index is -0.0253. The van der Waals surface area contributed by atoms with E-state index in [1.54, 1.807) is 0 Å². The third kappa shape index (κ3) is 5.33. The van der Waals surface area contributed by atoms with Crippen molar-refractivity contribution in [2.75, 3.05) is 6.54 Å². The molecular formula is C17H28N2O. The van der Waals surface area contributed by atoms with Crippen molar-refractivity contribution >= 4 is 5.91 Å². The van der Waals surface area contributed by atoms with Gasteiger partial charge in [-0.25, -0.2) is 0 Å². The number of carbonyl (C=O) groups is 1. The maximum absolute atomic E-state index is 12.0. The fourth-order valence-electron chi connectivity index (χ4n) is 2.23. The van der Waals surface area contributed by atoms with Crippen LogP contribution in [0.15, 0.2) is 24.3 Å². The molecule has 1 rings (SSSR count). The normalized spacial score (nSPS) is 14.1. The molecule has 3 N–H and O–H groups in total. The Labute approximate surface area is 122 Å². The predicted molar refractivity (Wildman–Crippen MR) is 84.4 cm³/mol. The quantitative estimate of drug-likeness (QED) is 0.804. The highest BCUT2D eigenvalue weighted by Gasteiger charge is 2.15. The van der Waals surface area contributed by atoms with Crippen LogP contribution in [0.3, 0.4) is 0 Å². The summed E-state index contributed by atoms with van der Waals surface area (Å²) in [6.45, 7) is 8.92. The molecule has 0 saturated carbocycles. The maximum Gasteiger partial charge on any atom is 0.223 e. The summed E-state index contributed by atoms with van der Waals surface area (Å²) in [6.07, 6.45) is 1.82. The summed E-state index contributed by atoms with van der Waals surface area (Å²) in [7, 11) is 0. The fraction of sp³-hybridized carbons (Fsp3) is 0.588. The summed E-state index contributed by atoms with van der Waals surface area (Å²) < 4.78 is 0. The zero-order valence-corrected chi connectivity index (χ0v) is 13.1. The van der Waals surface area contributed by atoms with Crippen LogP contribution in [0, 0.1) is 11.8 Å². The SMILES string of the molecule is CC(C)Cc1ccc(C(C)NC(=O)C(C)CCN)cc1. The standard InChI is InChI=1S/C17H28N2O/c1-12(2)11-15-5-7-16(8-6-15)14(4)19-17(20)13(3)9-10-18/h5-8,12-14H,9-11,18H2,1-4H3,(H,19,20). The second-order valence-electron chi connectivity index (χ2n) is 6.05. The van der Waals surface area contributed by atoms with Crippen LogP contribution in [-0.4, -0.2) is 12.5 Å². The molecule has 1 aromatic carbocycles. The highest BCUT2D eigenvalue weighted by Crippen LogP contribution is 2.16. The molecular weight excluding hydrogens is 248 g/mol. The highest BCUT2D eigenvalue weighted by molar-refractivity contribution is 5.78. The van der Waals surface area contributed by atoms with E-state index in [4.69, 9.17) is 5.73 Å². The van der Waals surface area contributed by atoms with Gasteiger partial charge in [-0.15, -0.1) is 0 Å². The van der Waals surface area contributed by atoms with Crippen LogP contribution in [0.4, 0.5) is 0 Å². The molecule has 1 amide bonds. The lowest BCUT2D eigenvalue weighted by Crippen LogP contribution is -2.32. The molecule has 0 aliphatic carbocycles. The lowest BCUT2D eigenvalue weighted by molar-refractivity contribution is -0.125. The van der Waals surface area contributed by atoms with Gasteiger partial charge >= 0.3 is 0 Å². The molecule has 20 heavy (non-hydrogen) atoms. The summed E-state index contributed by atoms with van der Waals surface area (Å²) in [5, 5.41) is 3.05. The van der Waals surface area contributed by atoms with Gasteiger partial charge in [0.25, 0.3) is 0 Å². The van der Waals surface area contributed by atoms with Crippen LogP contribution < -0.4 is 11.1 Å². The first-order valence-corrected chi connectivity index (χ1v) is 7.53. The summed E-state index contributed by atoms with van der Waals surface area (Å²) in [5.41, 5.74) is 7.98. The molecule has 0 heterocycles. The topological polar surface area (TPSA) is 55.1 Å². The predicted octanol–water partition coefficient (Wildman–Crippen LogP) is 3.05. The molecule has 0 aliphatic rings. The number of nitrogens with two attached hydrogens (primary N) is 1. The number of benzene rings is 1. The monoisotopic (exact) mass is 276 g/mol. The van der Waals surface area contributed by atoms with E-state index >= 15 is 0 Å². The van der Waals surface area contributed by atoms with Crippen LogP contribution in [0.2, 0.25) is 0 Å². The van der Waals surface area contributed by atoms with Gasteiger partial charge in [0.1, 0.15) is 0 Å². The van der Waals surface area contributed by atoms with Crippen molar-refractivity contribution in [2.45, 2.75) is 46.6 Å². The largest absolute Gasteiger partial charge is 0.349 e. The molecule has 0 fully saturated rings. The summed E-state index contributed by atoms with van der Waals surface area (Å²) in [6, 6.07) is 8.56. The zero-order chi connectivity index (χ0) is 15.1. The minimum absolute atomic E-state index is 0.0253. The first-order chi connectivity index (χ1) is 9.43. The average molecular weight is 276 g/mol. The number of carbonyl (C=O) groups excluding carboxylic acids is 1. The van der Waals surface area contributed by atoms with Gasteiger partial charge in [-0.2, -0.15) is 0 Å². The van der Waals surface area contributed by atoms with Gasteiger partial charge < -0.3 is 11.1 Å². The van der Waals surface area contributed by atoms with Crippen molar-refractivity contribution in [1.29, 1.82) is 0 Å². The number of rotatable bonds is 7. The smallest absolute Gasteiger partial charge is 0.223 e. The highest BCUT2D eigenvalue weighted by atomic mass is 16.1. The molecule has 2 unspecified atom stereocenters. The van der Waals surface area contributed by atoms with Gasteiger partial charge in [-0.3, -0.25) is 4.79 Å². The fourth-order valence-corrected chi connectivity index (χ4v) is 2.23. The molecule has 3 heteroatoms. The number of hydrogen-bond donors (Lipinski definition) is 2. The molecule has 0 saturated heterocycles. The lowest BCUT2D eigenvalue weighted by atomic mass is 9.99. The molecule has 0 aromatic heterocycles. The van der Waals surface area contributed by atoms with Gasteiger partial charge in [-0.05, 0) is 43.4 Å². The van der Waals surface area contributed by atoms with E-state index in [9.17, 15) is 4.79 Å². The average Bonchev–Trinajstić information content (AvgIpc) is 2.39. The van der Waals surface area contributed by atoms with E-state index < -0.39 is 0 Å². The lowest BCUT2D eigenvalue weighted by Gasteiger charge is -2.18. The zero-order valence-electron chi connectivity index (χ0n) is 13.1. The van der Waals surface area contributed by atoms with Crippen LogP contribution in [0.5, 0.6) is 0 Å². The van der Waals surface area contributed by atoms with E-state index in [-0.39, 0.29) is 17.9 Å². The molecule has 1 aromatic rings. The number of amides is 1. The van der Waals surface area contributed by atoms with Gasteiger partial charge in [-0.1, -0.05) is 45.0 Å². The van der Waals surface area contributed by atoms with Crippen molar-refractivity contribution in [3.63, 3.8) is 0 Å². The molecule has 0 aliphatic heterocycles. The van der Waals surface area contributed by atoms with Crippen LogP contribution in [-0.2, 0) is 11.2 Å². The van der Waals surface area contributed by atoms with Gasteiger partial charge in [0.05, 0.1) is 6.04 Å². The molecule has 0 spiro atoms. The van der Waals surface area contributed by atoms with Gasteiger partial charge in [0.2, 0.25) is 5.91 Å². The number of nitrogens with one attached hydrogen (secondary N) is 1. The second-order valence-corrected chi connectivity index (χ2v) is 6.05. The first kappa shape index (κ1) is 16.7. The molecule has 0 bridgehead atoms. The van der Waals surface area contributed by atoms with E-state index in [1.807, 2.05) is 13.8 Å². The summed E-state index contributed by atoms with van der Waals surface area (Å²) >= 11 is 0. The summed E-state index contributed by atoms with van der Waals surface area (Å²) in [5.74, 6) is 0.715. The van der Waals surface area contributed by atoms with Gasteiger partial charge in [0, 0.05) is 5.92 Å². The van der Waals surface area contributed by atoms with Crippen LogP contribution in [0.25, 0.3) is 0 Å². The van der Waals surface area contributed by atoms with Crippen molar-refractivity contribution in [3.05, 3.63) is 35.4 Å². The van der Waals surface area contributed by atoms with Crippen LogP contribution in [0.1, 0.15) is 51.3 Å². The van der Waals surface area contributed by atoms with Crippen LogP contribution >= 0.6 is 0 Å². The molecule has 112 valence electrons. The Kier molecular flexibility index (Phi) is 6.73. The second kappa shape index (κ2) is 8.05. The van der Waals surface area contributed by atoms with E-state index in [0.29, 0.717) is 12.5 Å². The van der Waals surface area contributed by atoms with Crippen molar-refractivity contribution < 1.29 is 4.79 Å². The Morgan fingerprint density at radius 2 is 1.75 bits per heavy atom. The summed E-state index contributed by atoms with van der Waals surface area (Å²) in [4.78, 5) is 12.0. The van der Waals surface area contributed by atoms with Crippen molar-refractivity contribution in [2.24, 2.45) is 17.6 Å². The van der Waals surface area contributed by atoms with Crippen molar-refractivity contribution in [1.82, 2.24) is 5.32 Å².